The van der Waals surface area contributed by atoms with Gasteiger partial charge in [-0.25, -0.2) is 4.98 Å². The first-order valence-corrected chi connectivity index (χ1v) is 7.92. The Balaban J connectivity index is 2.25. The largest absolute Gasteiger partial charge is 0.370 e. The van der Waals surface area contributed by atoms with Gasteiger partial charge in [-0.15, -0.1) is 0 Å². The van der Waals surface area contributed by atoms with E-state index in [4.69, 9.17) is 0 Å². The first-order valence-electron chi connectivity index (χ1n) is 6.87. The van der Waals surface area contributed by atoms with Crippen molar-refractivity contribution in [2.24, 2.45) is 0 Å². The molecule has 2 heterocycles. The fourth-order valence-electron chi connectivity index (χ4n) is 2.14. The maximum Gasteiger partial charge on any atom is 0.276 e. The van der Waals surface area contributed by atoms with Crippen LogP contribution >= 0.6 is 11.8 Å². The molecule has 1 N–H and O–H groups in total. The van der Waals surface area contributed by atoms with E-state index in [1.165, 1.54) is 6.07 Å². The van der Waals surface area contributed by atoms with Gasteiger partial charge in [-0.2, -0.15) is 11.8 Å². The van der Waals surface area contributed by atoms with E-state index in [-0.39, 0.29) is 10.6 Å². The van der Waals surface area contributed by atoms with Crippen molar-refractivity contribution in [2.75, 3.05) is 35.6 Å². The summed E-state index contributed by atoms with van der Waals surface area (Å²) in [5.74, 6) is 2.32. The van der Waals surface area contributed by atoms with E-state index in [1.807, 2.05) is 11.8 Å². The normalized spacial score (nSPS) is 18.9. The lowest BCUT2D eigenvalue weighted by Crippen LogP contribution is -2.37. The zero-order chi connectivity index (χ0) is 14.5. The van der Waals surface area contributed by atoms with Crippen LogP contribution in [0.4, 0.5) is 17.3 Å². The van der Waals surface area contributed by atoms with Crippen molar-refractivity contribution in [1.29, 1.82) is 0 Å². The summed E-state index contributed by atoms with van der Waals surface area (Å²) in [6.45, 7) is 6.75. The Hall–Kier alpha value is -1.50. The first-order chi connectivity index (χ1) is 9.60. The molecular formula is C13H20N4O2S. The van der Waals surface area contributed by atoms with Gasteiger partial charge in [-0.3, -0.25) is 10.1 Å². The highest BCUT2D eigenvalue weighted by Gasteiger charge is 2.21. The number of hydrogen-bond acceptors (Lipinski definition) is 6. The Morgan fingerprint density at radius 2 is 2.40 bits per heavy atom. The lowest BCUT2D eigenvalue weighted by atomic mass is 10.3. The fraction of sp³-hybridized carbons (Fsp3) is 0.615. The van der Waals surface area contributed by atoms with Crippen molar-refractivity contribution in [3.8, 4) is 0 Å². The summed E-state index contributed by atoms with van der Waals surface area (Å²) in [5.41, 5.74) is 0.0967. The molecular weight excluding hydrogens is 276 g/mol. The molecule has 1 atom stereocenters. The summed E-state index contributed by atoms with van der Waals surface area (Å²) >= 11 is 1.93. The molecule has 110 valence electrons. The molecule has 1 aliphatic rings. The van der Waals surface area contributed by atoms with Crippen molar-refractivity contribution in [3.05, 3.63) is 22.2 Å². The Kier molecular flexibility index (Phi) is 5.05. The molecule has 1 aliphatic heterocycles. The van der Waals surface area contributed by atoms with Crippen LogP contribution in [0.1, 0.15) is 20.3 Å². The van der Waals surface area contributed by atoms with Crippen molar-refractivity contribution in [1.82, 2.24) is 4.98 Å². The summed E-state index contributed by atoms with van der Waals surface area (Å²) in [6.07, 6.45) is 0.955. The van der Waals surface area contributed by atoms with Gasteiger partial charge in [-0.05, 0) is 6.42 Å². The van der Waals surface area contributed by atoms with Crippen LogP contribution < -0.4 is 10.2 Å². The molecule has 1 saturated heterocycles. The number of hydrogen-bond donors (Lipinski definition) is 1. The summed E-state index contributed by atoms with van der Waals surface area (Å²) in [5, 5.41) is 14.7. The number of nitro groups is 1. The summed E-state index contributed by atoms with van der Waals surface area (Å²) < 4.78 is 0. The number of pyridine rings is 1. The van der Waals surface area contributed by atoms with Crippen LogP contribution in [0.25, 0.3) is 0 Å². The average molecular weight is 296 g/mol. The number of nitrogens with zero attached hydrogens (tertiary/aromatic N) is 3. The smallest absolute Gasteiger partial charge is 0.276 e. The van der Waals surface area contributed by atoms with E-state index in [0.717, 1.165) is 31.8 Å². The second kappa shape index (κ2) is 6.78. The van der Waals surface area contributed by atoms with Crippen LogP contribution in [0.15, 0.2) is 12.1 Å². The minimum absolute atomic E-state index is 0.0967. The summed E-state index contributed by atoms with van der Waals surface area (Å²) in [4.78, 5) is 17.3. The minimum Gasteiger partial charge on any atom is -0.370 e. The predicted octanol–water partition coefficient (Wildman–Crippen LogP) is 2.75. The highest BCUT2D eigenvalue weighted by atomic mass is 32.2. The minimum atomic E-state index is -0.357. The van der Waals surface area contributed by atoms with Crippen LogP contribution in [0.2, 0.25) is 0 Å². The average Bonchev–Trinajstić information content (AvgIpc) is 2.44. The molecule has 1 aromatic rings. The Morgan fingerprint density at radius 1 is 1.60 bits per heavy atom. The molecule has 0 bridgehead atoms. The van der Waals surface area contributed by atoms with E-state index in [1.54, 1.807) is 6.07 Å². The number of nitrogens with one attached hydrogen (secondary N) is 1. The SMILES string of the molecule is CCCNc1cc([N+](=O)[O-])cc(N2CCSC(C)C2)n1. The van der Waals surface area contributed by atoms with Crippen molar-refractivity contribution in [2.45, 2.75) is 25.5 Å². The van der Waals surface area contributed by atoms with E-state index in [0.29, 0.717) is 16.9 Å². The Labute approximate surface area is 123 Å². The third-order valence-electron chi connectivity index (χ3n) is 3.13. The first kappa shape index (κ1) is 14.9. The second-order valence-corrected chi connectivity index (χ2v) is 6.43. The Bertz CT molecular complexity index is 483. The van der Waals surface area contributed by atoms with Crippen molar-refractivity contribution >= 4 is 29.1 Å². The van der Waals surface area contributed by atoms with E-state index < -0.39 is 0 Å². The van der Waals surface area contributed by atoms with Gasteiger partial charge in [0.05, 0.1) is 17.1 Å². The molecule has 7 heteroatoms. The van der Waals surface area contributed by atoms with Gasteiger partial charge in [0.2, 0.25) is 0 Å². The van der Waals surface area contributed by atoms with E-state index in [2.05, 4.69) is 29.0 Å². The maximum absolute atomic E-state index is 11.1. The summed E-state index contributed by atoms with van der Waals surface area (Å²) in [6, 6.07) is 3.07. The van der Waals surface area contributed by atoms with Crippen molar-refractivity contribution in [3.63, 3.8) is 0 Å². The third-order valence-corrected chi connectivity index (χ3v) is 4.26. The van der Waals surface area contributed by atoms with E-state index >= 15 is 0 Å². The van der Waals surface area contributed by atoms with Gasteiger partial charge in [-0.1, -0.05) is 13.8 Å². The highest BCUT2D eigenvalue weighted by Crippen LogP contribution is 2.27. The van der Waals surface area contributed by atoms with Crippen molar-refractivity contribution < 1.29 is 4.92 Å². The van der Waals surface area contributed by atoms with Gasteiger partial charge in [0, 0.05) is 30.6 Å². The molecule has 0 amide bonds. The molecule has 0 spiro atoms. The number of rotatable bonds is 5. The zero-order valence-corrected chi connectivity index (χ0v) is 12.7. The lowest BCUT2D eigenvalue weighted by Gasteiger charge is -2.31. The van der Waals surface area contributed by atoms with Crippen LogP contribution in [-0.2, 0) is 0 Å². The van der Waals surface area contributed by atoms with Crippen LogP contribution in [-0.4, -0.2) is 40.5 Å². The standard InChI is InChI=1S/C13H20N4O2S/c1-3-4-14-12-7-11(17(18)19)8-13(15-12)16-5-6-20-10(2)9-16/h7-8,10H,3-6,9H2,1-2H3,(H,14,15). The number of aromatic nitrogens is 1. The highest BCUT2D eigenvalue weighted by molar-refractivity contribution is 8.00. The number of thioether (sulfide) groups is 1. The van der Waals surface area contributed by atoms with Crippen LogP contribution in [0.5, 0.6) is 0 Å². The molecule has 20 heavy (non-hydrogen) atoms. The second-order valence-electron chi connectivity index (χ2n) is 4.88. The third kappa shape index (κ3) is 3.75. The van der Waals surface area contributed by atoms with Gasteiger partial charge in [0.25, 0.3) is 5.69 Å². The fourth-order valence-corrected chi connectivity index (χ4v) is 3.15. The van der Waals surface area contributed by atoms with Gasteiger partial charge < -0.3 is 10.2 Å². The van der Waals surface area contributed by atoms with E-state index in [9.17, 15) is 10.1 Å². The van der Waals surface area contributed by atoms with Gasteiger partial charge in [0.15, 0.2) is 0 Å². The molecule has 0 radical (unpaired) electrons. The number of anilines is 2. The molecule has 6 nitrogen and oxygen atoms in total. The molecule has 0 aliphatic carbocycles. The van der Waals surface area contributed by atoms with Crippen LogP contribution in [0.3, 0.4) is 0 Å². The molecule has 0 aromatic carbocycles. The van der Waals surface area contributed by atoms with Gasteiger partial charge in [0.1, 0.15) is 11.6 Å². The monoisotopic (exact) mass is 296 g/mol. The lowest BCUT2D eigenvalue weighted by molar-refractivity contribution is -0.384. The van der Waals surface area contributed by atoms with Crippen LogP contribution in [0, 0.1) is 10.1 Å². The molecule has 1 unspecified atom stereocenters. The Morgan fingerprint density at radius 3 is 3.05 bits per heavy atom. The molecule has 2 rings (SSSR count). The molecule has 1 fully saturated rings. The zero-order valence-electron chi connectivity index (χ0n) is 11.8. The topological polar surface area (TPSA) is 71.3 Å². The predicted molar refractivity (Wildman–Crippen MR) is 83.8 cm³/mol. The molecule has 0 saturated carbocycles. The quantitative estimate of drug-likeness (QED) is 0.665. The van der Waals surface area contributed by atoms with Gasteiger partial charge >= 0.3 is 0 Å². The molecule has 1 aromatic heterocycles. The maximum atomic E-state index is 11.1. The summed E-state index contributed by atoms with van der Waals surface area (Å²) in [7, 11) is 0.